The van der Waals surface area contributed by atoms with Crippen LogP contribution in [0.15, 0.2) is 24.5 Å². The fourth-order valence-electron chi connectivity index (χ4n) is 1.54. The largest absolute Gasteiger partial charge is 0.481 e. The first-order chi connectivity index (χ1) is 7.68. The van der Waals surface area contributed by atoms with Crippen LogP contribution >= 0.6 is 0 Å². The molecule has 5 heteroatoms. The number of rotatable bonds is 4. The lowest BCUT2D eigenvalue weighted by molar-refractivity contribution is -0.136. The number of hydrogen-bond donors (Lipinski definition) is 2. The van der Waals surface area contributed by atoms with E-state index < -0.39 is 5.97 Å². The summed E-state index contributed by atoms with van der Waals surface area (Å²) in [6, 6.07) is 3.52. The van der Waals surface area contributed by atoms with Crippen LogP contribution in [-0.4, -0.2) is 26.8 Å². The van der Waals surface area contributed by atoms with Gasteiger partial charge in [-0.15, -0.1) is 0 Å². The zero-order valence-electron chi connectivity index (χ0n) is 8.43. The van der Waals surface area contributed by atoms with Gasteiger partial charge >= 0.3 is 5.97 Å². The van der Waals surface area contributed by atoms with E-state index in [0.29, 0.717) is 11.2 Å². The predicted molar refractivity (Wildman–Crippen MR) is 57.3 cm³/mol. The summed E-state index contributed by atoms with van der Waals surface area (Å²) < 4.78 is 0. The molecular weight excluding hydrogens is 208 g/mol. The second-order valence-electron chi connectivity index (χ2n) is 3.42. The molecule has 0 atom stereocenters. The number of carboxylic acid groups (broad SMARTS) is 1. The summed E-state index contributed by atoms with van der Waals surface area (Å²) in [6.45, 7) is 0. The molecule has 2 aromatic heterocycles. The third-order valence-corrected chi connectivity index (χ3v) is 2.32. The molecule has 2 aromatic rings. The summed E-state index contributed by atoms with van der Waals surface area (Å²) in [5.41, 5.74) is 1.14. The summed E-state index contributed by atoms with van der Waals surface area (Å²) >= 11 is 0. The third-order valence-electron chi connectivity index (χ3n) is 2.32. The number of aliphatic carboxylic acids is 1. The van der Waals surface area contributed by atoms with Gasteiger partial charge in [0.15, 0.2) is 5.78 Å². The Hall–Kier alpha value is -2.17. The summed E-state index contributed by atoms with van der Waals surface area (Å²) in [4.78, 5) is 29.0. The van der Waals surface area contributed by atoms with Crippen molar-refractivity contribution in [3.63, 3.8) is 0 Å². The quantitative estimate of drug-likeness (QED) is 0.763. The van der Waals surface area contributed by atoms with Crippen molar-refractivity contribution in [3.8, 4) is 0 Å². The lowest BCUT2D eigenvalue weighted by Crippen LogP contribution is -2.03. The Morgan fingerprint density at radius 1 is 1.38 bits per heavy atom. The van der Waals surface area contributed by atoms with Gasteiger partial charge in [0.2, 0.25) is 0 Å². The number of Topliss-reactive ketones (excluding diaryl/α,β-unsaturated/α-hetero) is 1. The van der Waals surface area contributed by atoms with Crippen LogP contribution in [0.2, 0.25) is 0 Å². The summed E-state index contributed by atoms with van der Waals surface area (Å²) in [5.74, 6) is -1.15. The van der Waals surface area contributed by atoms with Crippen LogP contribution in [-0.2, 0) is 4.79 Å². The first-order valence-electron chi connectivity index (χ1n) is 4.85. The number of aromatic amines is 1. The van der Waals surface area contributed by atoms with Gasteiger partial charge in [-0.05, 0) is 12.1 Å². The zero-order valence-corrected chi connectivity index (χ0v) is 8.43. The molecule has 82 valence electrons. The highest BCUT2D eigenvalue weighted by atomic mass is 16.4. The number of nitrogens with zero attached hydrogens (tertiary/aromatic N) is 1. The monoisotopic (exact) mass is 218 g/mol. The van der Waals surface area contributed by atoms with E-state index in [2.05, 4.69) is 9.97 Å². The van der Waals surface area contributed by atoms with Crippen molar-refractivity contribution in [2.45, 2.75) is 12.8 Å². The van der Waals surface area contributed by atoms with Gasteiger partial charge in [0.05, 0.1) is 6.42 Å². The van der Waals surface area contributed by atoms with E-state index in [1.165, 1.54) is 0 Å². The number of H-pyrrole nitrogens is 1. The van der Waals surface area contributed by atoms with Crippen molar-refractivity contribution < 1.29 is 14.7 Å². The summed E-state index contributed by atoms with van der Waals surface area (Å²) in [5, 5.41) is 9.23. The number of fused-ring (bicyclic) bond motifs is 1. The van der Waals surface area contributed by atoms with E-state index in [1.54, 1.807) is 24.5 Å². The molecule has 0 amide bonds. The third kappa shape index (κ3) is 1.93. The van der Waals surface area contributed by atoms with Crippen LogP contribution in [0.1, 0.15) is 23.2 Å². The molecule has 2 rings (SSSR count). The van der Waals surface area contributed by atoms with Gasteiger partial charge in [0.1, 0.15) is 5.65 Å². The molecule has 0 radical (unpaired) electrons. The van der Waals surface area contributed by atoms with Crippen molar-refractivity contribution in [1.29, 1.82) is 0 Å². The minimum atomic E-state index is -0.966. The molecule has 2 N–H and O–H groups in total. The fourth-order valence-corrected chi connectivity index (χ4v) is 1.54. The normalized spacial score (nSPS) is 10.5. The zero-order chi connectivity index (χ0) is 11.5. The summed E-state index contributed by atoms with van der Waals surface area (Å²) in [7, 11) is 0. The van der Waals surface area contributed by atoms with Crippen LogP contribution in [0.4, 0.5) is 0 Å². The highest BCUT2D eigenvalue weighted by Gasteiger charge is 2.13. The average Bonchev–Trinajstić information content (AvgIpc) is 2.69. The van der Waals surface area contributed by atoms with Crippen LogP contribution in [0.5, 0.6) is 0 Å². The van der Waals surface area contributed by atoms with Gasteiger partial charge in [-0.1, -0.05) is 0 Å². The number of hydrogen-bond acceptors (Lipinski definition) is 3. The van der Waals surface area contributed by atoms with Crippen LogP contribution in [0.3, 0.4) is 0 Å². The molecule has 0 bridgehead atoms. The lowest BCUT2D eigenvalue weighted by Gasteiger charge is -1.96. The Morgan fingerprint density at radius 2 is 2.19 bits per heavy atom. The van der Waals surface area contributed by atoms with Crippen molar-refractivity contribution >= 4 is 22.8 Å². The number of ketones is 1. The molecular formula is C11H10N2O3. The van der Waals surface area contributed by atoms with Gasteiger partial charge in [0.25, 0.3) is 0 Å². The topological polar surface area (TPSA) is 83.0 Å². The first-order valence-corrected chi connectivity index (χ1v) is 4.85. The first kappa shape index (κ1) is 10.4. The minimum absolute atomic E-state index is 0.0111. The molecule has 0 fully saturated rings. The highest BCUT2D eigenvalue weighted by molar-refractivity contribution is 6.07. The van der Waals surface area contributed by atoms with Crippen molar-refractivity contribution in [2.24, 2.45) is 0 Å². The second-order valence-corrected chi connectivity index (χ2v) is 3.42. The number of nitrogens with one attached hydrogen (secondary N) is 1. The van der Waals surface area contributed by atoms with Gasteiger partial charge in [-0.2, -0.15) is 0 Å². The van der Waals surface area contributed by atoms with E-state index in [-0.39, 0.29) is 18.6 Å². The molecule has 5 nitrogen and oxygen atoms in total. The SMILES string of the molecule is O=C(O)CCC(=O)c1c[nH]c2ncccc12. The van der Waals surface area contributed by atoms with E-state index in [1.807, 2.05) is 0 Å². The Labute approximate surface area is 91.1 Å². The lowest BCUT2D eigenvalue weighted by atomic mass is 10.1. The number of aromatic nitrogens is 2. The Kier molecular flexibility index (Phi) is 2.68. The van der Waals surface area contributed by atoms with E-state index >= 15 is 0 Å². The van der Waals surface area contributed by atoms with Crippen molar-refractivity contribution in [3.05, 3.63) is 30.1 Å². The molecule has 2 heterocycles. The molecule has 0 aromatic carbocycles. The van der Waals surface area contributed by atoms with Crippen molar-refractivity contribution in [1.82, 2.24) is 9.97 Å². The molecule has 16 heavy (non-hydrogen) atoms. The smallest absolute Gasteiger partial charge is 0.303 e. The molecule has 0 spiro atoms. The molecule has 0 aliphatic rings. The molecule has 0 aliphatic heterocycles. The Balaban J connectivity index is 2.26. The number of carboxylic acids is 1. The standard InChI is InChI=1S/C11H10N2O3/c14-9(3-4-10(15)16)8-6-13-11-7(8)2-1-5-12-11/h1-2,5-6H,3-4H2,(H,12,13)(H,15,16). The van der Waals surface area contributed by atoms with Crippen LogP contribution in [0, 0.1) is 0 Å². The van der Waals surface area contributed by atoms with Crippen LogP contribution in [0.25, 0.3) is 11.0 Å². The maximum absolute atomic E-state index is 11.7. The van der Waals surface area contributed by atoms with Gasteiger partial charge in [-0.3, -0.25) is 9.59 Å². The van der Waals surface area contributed by atoms with Gasteiger partial charge in [0, 0.05) is 29.8 Å². The Morgan fingerprint density at radius 3 is 2.94 bits per heavy atom. The average molecular weight is 218 g/mol. The molecule has 0 saturated heterocycles. The van der Waals surface area contributed by atoms with Gasteiger partial charge < -0.3 is 10.1 Å². The number of carbonyl (C=O) groups excluding carboxylic acids is 1. The maximum Gasteiger partial charge on any atom is 0.303 e. The van der Waals surface area contributed by atoms with Gasteiger partial charge in [-0.25, -0.2) is 4.98 Å². The number of pyridine rings is 1. The van der Waals surface area contributed by atoms with E-state index in [4.69, 9.17) is 5.11 Å². The molecule has 0 aliphatic carbocycles. The minimum Gasteiger partial charge on any atom is -0.481 e. The van der Waals surface area contributed by atoms with E-state index in [0.717, 1.165) is 5.39 Å². The predicted octanol–water partition coefficient (Wildman–Crippen LogP) is 1.61. The van der Waals surface area contributed by atoms with Crippen LogP contribution < -0.4 is 0 Å². The molecule has 0 unspecified atom stereocenters. The number of carbonyl (C=O) groups is 2. The van der Waals surface area contributed by atoms with E-state index in [9.17, 15) is 9.59 Å². The fraction of sp³-hybridized carbons (Fsp3) is 0.182. The van der Waals surface area contributed by atoms with Crippen molar-refractivity contribution in [2.75, 3.05) is 0 Å². The maximum atomic E-state index is 11.7. The highest BCUT2D eigenvalue weighted by Crippen LogP contribution is 2.17. The molecule has 0 saturated carbocycles. The second kappa shape index (κ2) is 4.14. The Bertz CT molecular complexity index is 545. The summed E-state index contributed by atoms with van der Waals surface area (Å²) in [6.07, 6.45) is 3.06.